The van der Waals surface area contributed by atoms with Crippen LogP contribution in [0.3, 0.4) is 0 Å². The average Bonchev–Trinajstić information content (AvgIpc) is 2.96. The Kier molecular flexibility index (Phi) is 6.46. The molecular formula is C14H28N4O3S. The highest BCUT2D eigenvalue weighted by Gasteiger charge is 2.30. The van der Waals surface area contributed by atoms with E-state index in [-0.39, 0.29) is 5.75 Å². The molecule has 0 amide bonds. The van der Waals surface area contributed by atoms with E-state index in [0.717, 1.165) is 58.3 Å². The molecule has 2 saturated heterocycles. The zero-order chi connectivity index (χ0) is 16.0. The Balaban J connectivity index is 1.90. The highest BCUT2D eigenvalue weighted by molar-refractivity contribution is 7.90. The predicted molar refractivity (Wildman–Crippen MR) is 88.1 cm³/mol. The minimum atomic E-state index is -2.96. The van der Waals surface area contributed by atoms with Crippen molar-refractivity contribution in [2.75, 3.05) is 64.5 Å². The Bertz CT molecular complexity index is 474. The molecule has 1 atom stereocenters. The number of morpholine rings is 1. The molecule has 0 spiro atoms. The second kappa shape index (κ2) is 8.12. The van der Waals surface area contributed by atoms with Crippen LogP contribution in [0, 0.1) is 0 Å². The van der Waals surface area contributed by atoms with Crippen molar-refractivity contribution in [2.45, 2.75) is 19.4 Å². The summed E-state index contributed by atoms with van der Waals surface area (Å²) in [5.41, 5.74) is 0. The van der Waals surface area contributed by atoms with E-state index in [9.17, 15) is 8.42 Å². The lowest BCUT2D eigenvalue weighted by atomic mass is 10.2. The number of sulfone groups is 1. The fraction of sp³-hybridized carbons (Fsp3) is 0.929. The van der Waals surface area contributed by atoms with E-state index in [0.29, 0.717) is 12.6 Å². The number of hydrogen-bond donors (Lipinski definition) is 1. The van der Waals surface area contributed by atoms with E-state index in [1.54, 1.807) is 0 Å². The van der Waals surface area contributed by atoms with Gasteiger partial charge in [-0.15, -0.1) is 0 Å². The highest BCUT2D eigenvalue weighted by Crippen LogP contribution is 2.17. The Labute approximate surface area is 133 Å². The number of nitrogens with zero attached hydrogens (tertiary/aromatic N) is 3. The lowest BCUT2D eigenvalue weighted by molar-refractivity contribution is 0.0195. The summed E-state index contributed by atoms with van der Waals surface area (Å²) in [4.78, 5) is 9.20. The number of aliphatic imine (C=N–C) groups is 1. The summed E-state index contributed by atoms with van der Waals surface area (Å²) >= 11 is 0. The van der Waals surface area contributed by atoms with Crippen molar-refractivity contribution in [3.8, 4) is 0 Å². The van der Waals surface area contributed by atoms with Gasteiger partial charge in [-0.1, -0.05) is 0 Å². The van der Waals surface area contributed by atoms with Crippen LogP contribution < -0.4 is 5.32 Å². The van der Waals surface area contributed by atoms with Crippen LogP contribution in [0.2, 0.25) is 0 Å². The molecule has 0 radical (unpaired) electrons. The minimum absolute atomic E-state index is 0.0998. The quantitative estimate of drug-likeness (QED) is 0.535. The van der Waals surface area contributed by atoms with Crippen LogP contribution >= 0.6 is 0 Å². The maximum Gasteiger partial charge on any atom is 0.193 e. The minimum Gasteiger partial charge on any atom is -0.379 e. The maximum absolute atomic E-state index is 11.2. The Morgan fingerprint density at radius 3 is 2.68 bits per heavy atom. The Morgan fingerprint density at radius 1 is 1.32 bits per heavy atom. The van der Waals surface area contributed by atoms with Crippen molar-refractivity contribution < 1.29 is 13.2 Å². The number of hydrogen-bond acceptors (Lipinski definition) is 5. The number of ether oxygens (including phenoxy) is 1. The summed E-state index contributed by atoms with van der Waals surface area (Å²) in [6, 6.07) is 0.544. The molecule has 0 aromatic heterocycles. The molecule has 0 bridgehead atoms. The van der Waals surface area contributed by atoms with Gasteiger partial charge in [-0.2, -0.15) is 0 Å². The first-order chi connectivity index (χ1) is 10.5. The monoisotopic (exact) mass is 332 g/mol. The normalized spacial score (nSPS) is 24.7. The van der Waals surface area contributed by atoms with Crippen molar-refractivity contribution in [1.82, 2.24) is 15.1 Å². The summed E-state index contributed by atoms with van der Waals surface area (Å²) in [7, 11) is -2.96. The SMILES string of the molecule is CCNC(=NCCS(C)(=O)=O)N1CCC(N2CCOCC2)C1. The third-order valence-electron chi connectivity index (χ3n) is 4.08. The van der Waals surface area contributed by atoms with Crippen molar-refractivity contribution >= 4 is 15.8 Å². The number of nitrogens with one attached hydrogen (secondary N) is 1. The maximum atomic E-state index is 11.2. The van der Waals surface area contributed by atoms with Gasteiger partial charge in [0.05, 0.1) is 25.5 Å². The molecule has 0 aromatic rings. The summed E-state index contributed by atoms with van der Waals surface area (Å²) < 4.78 is 27.9. The third kappa shape index (κ3) is 5.40. The van der Waals surface area contributed by atoms with Gasteiger partial charge in [-0.25, -0.2) is 8.42 Å². The molecule has 8 heteroatoms. The van der Waals surface area contributed by atoms with Gasteiger partial charge in [0.15, 0.2) is 5.96 Å². The van der Waals surface area contributed by atoms with Crippen LogP contribution in [-0.2, 0) is 14.6 Å². The van der Waals surface area contributed by atoms with Crippen molar-refractivity contribution in [1.29, 1.82) is 0 Å². The van der Waals surface area contributed by atoms with E-state index < -0.39 is 9.84 Å². The zero-order valence-corrected chi connectivity index (χ0v) is 14.4. The van der Waals surface area contributed by atoms with Gasteiger partial charge < -0.3 is 15.0 Å². The van der Waals surface area contributed by atoms with Gasteiger partial charge in [-0.05, 0) is 13.3 Å². The van der Waals surface area contributed by atoms with E-state index in [4.69, 9.17) is 4.74 Å². The fourth-order valence-electron chi connectivity index (χ4n) is 2.92. The van der Waals surface area contributed by atoms with Crippen molar-refractivity contribution in [3.63, 3.8) is 0 Å². The molecule has 1 unspecified atom stereocenters. The van der Waals surface area contributed by atoms with E-state index in [1.807, 2.05) is 6.92 Å². The lowest BCUT2D eigenvalue weighted by Gasteiger charge is -2.32. The summed E-state index contributed by atoms with van der Waals surface area (Å²) in [6.07, 6.45) is 2.37. The molecule has 0 aromatic carbocycles. The summed E-state index contributed by atoms with van der Waals surface area (Å²) in [5.74, 6) is 0.935. The number of likely N-dealkylation sites (tertiary alicyclic amines) is 1. The molecule has 7 nitrogen and oxygen atoms in total. The highest BCUT2D eigenvalue weighted by atomic mass is 32.2. The predicted octanol–water partition coefficient (Wildman–Crippen LogP) is -0.597. The second-order valence-electron chi connectivity index (χ2n) is 5.90. The van der Waals surface area contributed by atoms with Crippen molar-refractivity contribution in [3.05, 3.63) is 0 Å². The van der Waals surface area contributed by atoms with Crippen LogP contribution in [0.4, 0.5) is 0 Å². The standard InChI is InChI=1S/C14H28N4O3S/c1-3-15-14(16-5-11-22(2,19)20)18-6-4-13(12-18)17-7-9-21-10-8-17/h13H,3-12H2,1-2H3,(H,15,16). The van der Waals surface area contributed by atoms with Gasteiger partial charge in [-0.3, -0.25) is 9.89 Å². The van der Waals surface area contributed by atoms with Crippen LogP contribution in [0.1, 0.15) is 13.3 Å². The third-order valence-corrected chi connectivity index (χ3v) is 5.01. The smallest absolute Gasteiger partial charge is 0.193 e. The first-order valence-electron chi connectivity index (χ1n) is 8.02. The largest absolute Gasteiger partial charge is 0.379 e. The molecule has 1 N–H and O–H groups in total. The number of rotatable bonds is 5. The molecule has 2 heterocycles. The van der Waals surface area contributed by atoms with Gasteiger partial charge in [0.1, 0.15) is 9.84 Å². The molecule has 2 aliphatic rings. The van der Waals surface area contributed by atoms with E-state index >= 15 is 0 Å². The van der Waals surface area contributed by atoms with Gasteiger partial charge in [0, 0.05) is 45.0 Å². The lowest BCUT2D eigenvalue weighted by Crippen LogP contribution is -2.46. The molecule has 2 rings (SSSR count). The molecule has 0 aliphatic carbocycles. The van der Waals surface area contributed by atoms with Gasteiger partial charge >= 0.3 is 0 Å². The van der Waals surface area contributed by atoms with Crippen LogP contribution in [-0.4, -0.2) is 94.7 Å². The fourth-order valence-corrected chi connectivity index (χ4v) is 3.34. The summed E-state index contributed by atoms with van der Waals surface area (Å²) in [6.45, 7) is 8.69. The Hall–Kier alpha value is -0.860. The zero-order valence-electron chi connectivity index (χ0n) is 13.6. The van der Waals surface area contributed by atoms with E-state index in [2.05, 4.69) is 20.1 Å². The van der Waals surface area contributed by atoms with E-state index in [1.165, 1.54) is 6.26 Å². The molecule has 2 aliphatic heterocycles. The molecule has 2 fully saturated rings. The van der Waals surface area contributed by atoms with Gasteiger partial charge in [0.2, 0.25) is 0 Å². The van der Waals surface area contributed by atoms with Crippen molar-refractivity contribution in [2.24, 2.45) is 4.99 Å². The second-order valence-corrected chi connectivity index (χ2v) is 8.16. The first kappa shape index (κ1) is 17.5. The van der Waals surface area contributed by atoms with Gasteiger partial charge in [0.25, 0.3) is 0 Å². The molecule has 0 saturated carbocycles. The molecule has 22 heavy (non-hydrogen) atoms. The molecular weight excluding hydrogens is 304 g/mol. The Morgan fingerprint density at radius 2 is 2.05 bits per heavy atom. The first-order valence-corrected chi connectivity index (χ1v) is 10.1. The van der Waals surface area contributed by atoms with Crippen LogP contribution in [0.25, 0.3) is 0 Å². The average molecular weight is 332 g/mol. The topological polar surface area (TPSA) is 74.2 Å². The number of guanidine groups is 1. The summed E-state index contributed by atoms with van der Waals surface area (Å²) in [5, 5.41) is 3.27. The molecule has 128 valence electrons. The van der Waals surface area contributed by atoms with Crippen LogP contribution in [0.15, 0.2) is 4.99 Å². The van der Waals surface area contributed by atoms with Crippen LogP contribution in [0.5, 0.6) is 0 Å².